The van der Waals surface area contributed by atoms with Gasteiger partial charge in [-0.05, 0) is 64.2 Å². The van der Waals surface area contributed by atoms with Crippen LogP contribution in [0.25, 0.3) is 0 Å². The van der Waals surface area contributed by atoms with Gasteiger partial charge in [0.15, 0.2) is 0 Å². The Morgan fingerprint density at radius 3 is 2.15 bits per heavy atom. The Kier molecular flexibility index (Phi) is 14.1. The fourth-order valence-corrected chi connectivity index (χ4v) is 4.34. The maximum Gasteiger partial charge on any atom is 0.0810 e. The van der Waals surface area contributed by atoms with Crippen LogP contribution < -0.4 is 0 Å². The van der Waals surface area contributed by atoms with Crippen LogP contribution in [0.15, 0.2) is 48.6 Å². The molecule has 0 unspecified atom stereocenters. The first-order chi connectivity index (χ1) is 15.6. The maximum absolute atomic E-state index is 8.61. The van der Waals surface area contributed by atoms with Gasteiger partial charge in [-0.3, -0.25) is 0 Å². The van der Waals surface area contributed by atoms with Crippen LogP contribution in [0.2, 0.25) is 0 Å². The first-order valence-corrected chi connectivity index (χ1v) is 12.3. The van der Waals surface area contributed by atoms with Gasteiger partial charge in [-0.25, -0.2) is 0 Å². The smallest absolute Gasteiger partial charge is 0.0810 e. The quantitative estimate of drug-likeness (QED) is 0.175. The van der Waals surface area contributed by atoms with Crippen LogP contribution in [0.5, 0.6) is 0 Å². The van der Waals surface area contributed by atoms with E-state index in [-0.39, 0.29) is 17.6 Å². The van der Waals surface area contributed by atoms with Crippen LogP contribution in [-0.4, -0.2) is 63.6 Å². The molecule has 0 aromatic rings. The fourth-order valence-electron chi connectivity index (χ4n) is 4.34. The van der Waals surface area contributed by atoms with Crippen molar-refractivity contribution in [2.24, 2.45) is 17.3 Å². The highest BCUT2D eigenvalue weighted by molar-refractivity contribution is 5.20. The summed E-state index contributed by atoms with van der Waals surface area (Å²) in [6, 6.07) is 0. The first kappa shape index (κ1) is 29.8. The summed E-state index contributed by atoms with van der Waals surface area (Å²) < 4.78 is 22.0. The summed E-state index contributed by atoms with van der Waals surface area (Å²) in [4.78, 5) is 0. The monoisotopic (exact) mass is 464 g/mol. The SMILES string of the molecule is C=C[C@@]1(C)CC[C@H](/C(C)=C/C=C/C(C)(C)OCCOCCOCCOCCO)C[C@@H]1C(=C)C. The van der Waals surface area contributed by atoms with Crippen molar-refractivity contribution in [1.29, 1.82) is 0 Å². The van der Waals surface area contributed by atoms with E-state index in [1.54, 1.807) is 0 Å². The Labute approximate surface area is 202 Å². The van der Waals surface area contributed by atoms with Crippen LogP contribution in [0.4, 0.5) is 0 Å². The van der Waals surface area contributed by atoms with Crippen LogP contribution >= 0.6 is 0 Å². The summed E-state index contributed by atoms with van der Waals surface area (Å²) in [6.07, 6.45) is 12.1. The molecule has 0 radical (unpaired) electrons. The molecule has 0 saturated heterocycles. The molecule has 1 fully saturated rings. The van der Waals surface area contributed by atoms with E-state index in [0.717, 1.165) is 12.8 Å². The highest BCUT2D eigenvalue weighted by Gasteiger charge is 2.38. The summed E-state index contributed by atoms with van der Waals surface area (Å²) in [7, 11) is 0. The van der Waals surface area contributed by atoms with E-state index in [1.807, 2.05) is 0 Å². The zero-order valence-electron chi connectivity index (χ0n) is 21.7. The third kappa shape index (κ3) is 11.6. The predicted molar refractivity (Wildman–Crippen MR) is 136 cm³/mol. The molecule has 1 rings (SSSR count). The minimum Gasteiger partial charge on any atom is -0.394 e. The predicted octanol–water partition coefficient (Wildman–Crippen LogP) is 5.51. The second-order valence-electron chi connectivity index (χ2n) is 9.86. The Bertz CT molecular complexity index is 636. The van der Waals surface area contributed by atoms with Gasteiger partial charge in [0.1, 0.15) is 0 Å². The summed E-state index contributed by atoms with van der Waals surface area (Å²) in [6.45, 7) is 22.7. The highest BCUT2D eigenvalue weighted by Crippen LogP contribution is 2.48. The fraction of sp³-hybridized carbons (Fsp3) is 0.714. The van der Waals surface area contributed by atoms with Crippen molar-refractivity contribution in [2.75, 3.05) is 52.9 Å². The van der Waals surface area contributed by atoms with Gasteiger partial charge in [-0.1, -0.05) is 49.0 Å². The van der Waals surface area contributed by atoms with E-state index in [9.17, 15) is 0 Å². The molecule has 1 aliphatic rings. The average Bonchev–Trinajstić information content (AvgIpc) is 2.77. The normalized spacial score (nSPS) is 24.4. The van der Waals surface area contributed by atoms with Gasteiger partial charge >= 0.3 is 0 Å². The zero-order chi connectivity index (χ0) is 24.7. The number of aliphatic hydroxyl groups is 1. The second kappa shape index (κ2) is 15.6. The van der Waals surface area contributed by atoms with E-state index < -0.39 is 0 Å². The number of rotatable bonds is 17. The number of aliphatic hydroxyl groups excluding tert-OH is 1. The molecule has 0 heterocycles. The highest BCUT2D eigenvalue weighted by atomic mass is 16.6. The molecule has 0 bridgehead atoms. The van der Waals surface area contributed by atoms with E-state index in [0.29, 0.717) is 58.1 Å². The van der Waals surface area contributed by atoms with Crippen molar-refractivity contribution in [3.63, 3.8) is 0 Å². The third-order valence-electron chi connectivity index (χ3n) is 6.59. The lowest BCUT2D eigenvalue weighted by Gasteiger charge is -2.43. The minimum atomic E-state index is -0.352. The van der Waals surface area contributed by atoms with Crippen molar-refractivity contribution in [3.05, 3.63) is 48.6 Å². The Morgan fingerprint density at radius 2 is 1.61 bits per heavy atom. The minimum absolute atomic E-state index is 0.0383. The van der Waals surface area contributed by atoms with Crippen LogP contribution in [0.3, 0.4) is 0 Å². The summed E-state index contributed by atoms with van der Waals surface area (Å²) in [5.41, 5.74) is 2.50. The van der Waals surface area contributed by atoms with E-state index in [2.05, 4.69) is 72.1 Å². The zero-order valence-corrected chi connectivity index (χ0v) is 21.7. The molecule has 0 aromatic heterocycles. The maximum atomic E-state index is 8.61. The molecule has 0 aliphatic heterocycles. The first-order valence-electron chi connectivity index (χ1n) is 12.3. The van der Waals surface area contributed by atoms with Crippen molar-refractivity contribution in [3.8, 4) is 0 Å². The number of allylic oxidation sites excluding steroid dienone is 5. The van der Waals surface area contributed by atoms with E-state index in [1.165, 1.54) is 17.6 Å². The lowest BCUT2D eigenvalue weighted by Crippen LogP contribution is -2.33. The molecule has 5 nitrogen and oxygen atoms in total. The van der Waals surface area contributed by atoms with Gasteiger partial charge in [-0.2, -0.15) is 0 Å². The molecular formula is C28H48O5. The van der Waals surface area contributed by atoms with E-state index in [4.69, 9.17) is 24.1 Å². The molecule has 3 atom stereocenters. The van der Waals surface area contributed by atoms with Crippen molar-refractivity contribution >= 4 is 0 Å². The molecular weight excluding hydrogens is 416 g/mol. The number of hydrogen-bond donors (Lipinski definition) is 1. The van der Waals surface area contributed by atoms with Crippen molar-refractivity contribution in [1.82, 2.24) is 0 Å². The van der Waals surface area contributed by atoms with Crippen molar-refractivity contribution < 1.29 is 24.1 Å². The molecule has 5 heteroatoms. The molecule has 0 spiro atoms. The topological polar surface area (TPSA) is 57.2 Å². The van der Waals surface area contributed by atoms with Crippen LogP contribution in [-0.2, 0) is 18.9 Å². The average molecular weight is 465 g/mol. The summed E-state index contributed by atoms with van der Waals surface area (Å²) in [5, 5.41) is 8.61. The standard InChI is InChI=1S/C28H48O5/c1-8-28(7)13-11-25(22-26(28)23(2)3)24(4)10-9-12-27(5,6)33-21-20-32-19-18-31-17-16-30-15-14-29/h8-10,12,25-26,29H,1-2,11,13-22H2,3-7H3/b12-9+,24-10+/t25-,26+,28-/m0/s1. The van der Waals surface area contributed by atoms with Gasteiger partial charge in [0.05, 0.1) is 58.5 Å². The largest absolute Gasteiger partial charge is 0.394 e. The molecule has 190 valence electrons. The Balaban J connectivity index is 2.32. The molecule has 33 heavy (non-hydrogen) atoms. The van der Waals surface area contributed by atoms with Gasteiger partial charge in [0.25, 0.3) is 0 Å². The lowest BCUT2D eigenvalue weighted by atomic mass is 9.61. The lowest BCUT2D eigenvalue weighted by molar-refractivity contribution is -0.0338. The van der Waals surface area contributed by atoms with Gasteiger partial charge in [0.2, 0.25) is 0 Å². The summed E-state index contributed by atoms with van der Waals surface area (Å²) in [5.74, 6) is 1.08. The molecule has 1 N–H and O–H groups in total. The van der Waals surface area contributed by atoms with Crippen molar-refractivity contribution in [2.45, 2.75) is 59.5 Å². The van der Waals surface area contributed by atoms with Crippen LogP contribution in [0, 0.1) is 17.3 Å². The Hall–Kier alpha value is -1.24. The number of ether oxygens (including phenoxy) is 4. The molecule has 0 amide bonds. The third-order valence-corrected chi connectivity index (χ3v) is 6.59. The van der Waals surface area contributed by atoms with Gasteiger partial charge in [0, 0.05) is 0 Å². The Morgan fingerprint density at radius 1 is 1.03 bits per heavy atom. The molecule has 1 saturated carbocycles. The molecule has 0 aromatic carbocycles. The van der Waals surface area contributed by atoms with Gasteiger partial charge < -0.3 is 24.1 Å². The van der Waals surface area contributed by atoms with Gasteiger partial charge in [-0.15, -0.1) is 6.58 Å². The van der Waals surface area contributed by atoms with E-state index >= 15 is 0 Å². The van der Waals surface area contributed by atoms with Crippen LogP contribution in [0.1, 0.15) is 53.9 Å². The number of hydrogen-bond acceptors (Lipinski definition) is 5. The molecule has 1 aliphatic carbocycles. The summed E-state index contributed by atoms with van der Waals surface area (Å²) >= 11 is 0. The second-order valence-corrected chi connectivity index (χ2v) is 9.86.